The minimum absolute atomic E-state index is 0.000477. The maximum atomic E-state index is 12.4. The highest BCUT2D eigenvalue weighted by atomic mass is 16.5. The number of likely N-dealkylation sites (tertiary alicyclic amines) is 1. The fourth-order valence-corrected chi connectivity index (χ4v) is 2.74. The number of carbonyl (C=O) groups is 1. The number of methoxy groups -OCH3 is 2. The van der Waals surface area contributed by atoms with Gasteiger partial charge < -0.3 is 19.7 Å². The summed E-state index contributed by atoms with van der Waals surface area (Å²) in [5, 5.41) is 3.12. The van der Waals surface area contributed by atoms with E-state index < -0.39 is 5.54 Å². The first kappa shape index (κ1) is 16.5. The van der Waals surface area contributed by atoms with E-state index in [2.05, 4.69) is 5.32 Å². The minimum Gasteiger partial charge on any atom is -0.493 e. The first-order valence-corrected chi connectivity index (χ1v) is 7.77. The first-order chi connectivity index (χ1) is 10.5. The van der Waals surface area contributed by atoms with Crippen molar-refractivity contribution in [3.05, 3.63) is 23.8 Å². The number of nitrogens with one attached hydrogen (secondary N) is 1. The fourth-order valence-electron chi connectivity index (χ4n) is 2.74. The molecule has 0 saturated carbocycles. The van der Waals surface area contributed by atoms with Crippen molar-refractivity contribution in [1.29, 1.82) is 0 Å². The quantitative estimate of drug-likeness (QED) is 0.930. The highest BCUT2D eigenvalue weighted by molar-refractivity contribution is 5.75. The molecule has 5 heteroatoms. The molecule has 1 N–H and O–H groups in total. The molecule has 1 aliphatic heterocycles. The van der Waals surface area contributed by atoms with Crippen LogP contribution in [0.25, 0.3) is 0 Å². The van der Waals surface area contributed by atoms with Crippen LogP contribution in [-0.2, 0) is 5.54 Å². The summed E-state index contributed by atoms with van der Waals surface area (Å²) >= 11 is 0. The molecule has 0 spiro atoms. The second kappa shape index (κ2) is 6.90. The van der Waals surface area contributed by atoms with Gasteiger partial charge in [-0.05, 0) is 50.8 Å². The van der Waals surface area contributed by atoms with Crippen molar-refractivity contribution in [1.82, 2.24) is 10.2 Å². The van der Waals surface area contributed by atoms with Gasteiger partial charge in [-0.2, -0.15) is 0 Å². The number of carbonyl (C=O) groups excluding carboxylic acids is 1. The third kappa shape index (κ3) is 3.64. The molecule has 1 aliphatic rings. The normalized spacial score (nSPS) is 15.4. The van der Waals surface area contributed by atoms with Crippen molar-refractivity contribution < 1.29 is 14.3 Å². The standard InChI is InChI=1S/C17H26N2O3/c1-17(2,18-16(20)19-10-6-5-7-11-19)13-8-9-14(21-3)15(12-13)22-4/h8-9,12H,5-7,10-11H2,1-4H3,(H,18,20). The van der Waals surface area contributed by atoms with E-state index in [1.807, 2.05) is 36.9 Å². The minimum atomic E-state index is -0.478. The highest BCUT2D eigenvalue weighted by Gasteiger charge is 2.27. The molecule has 0 radical (unpaired) electrons. The lowest BCUT2D eigenvalue weighted by atomic mass is 9.94. The lowest BCUT2D eigenvalue weighted by Crippen LogP contribution is -2.49. The van der Waals surface area contributed by atoms with Crippen molar-refractivity contribution >= 4 is 6.03 Å². The predicted octanol–water partition coefficient (Wildman–Crippen LogP) is 3.13. The summed E-state index contributed by atoms with van der Waals surface area (Å²) in [6.45, 7) is 5.67. The maximum Gasteiger partial charge on any atom is 0.318 e. The maximum absolute atomic E-state index is 12.4. The SMILES string of the molecule is COc1ccc(C(C)(C)NC(=O)N2CCCCC2)cc1OC. The van der Waals surface area contributed by atoms with Crippen LogP contribution in [0.4, 0.5) is 4.79 Å². The second-order valence-electron chi connectivity index (χ2n) is 6.17. The second-order valence-corrected chi connectivity index (χ2v) is 6.17. The van der Waals surface area contributed by atoms with Crippen LogP contribution in [0.3, 0.4) is 0 Å². The number of hydrogen-bond acceptors (Lipinski definition) is 3. The van der Waals surface area contributed by atoms with Gasteiger partial charge in [-0.1, -0.05) is 6.07 Å². The van der Waals surface area contributed by atoms with E-state index in [-0.39, 0.29) is 6.03 Å². The van der Waals surface area contributed by atoms with Crippen molar-refractivity contribution in [3.63, 3.8) is 0 Å². The van der Waals surface area contributed by atoms with E-state index in [9.17, 15) is 4.79 Å². The summed E-state index contributed by atoms with van der Waals surface area (Å²) in [5.74, 6) is 1.35. The molecular formula is C17H26N2O3. The van der Waals surface area contributed by atoms with Gasteiger partial charge in [-0.25, -0.2) is 4.79 Å². The van der Waals surface area contributed by atoms with Gasteiger partial charge in [0.2, 0.25) is 0 Å². The topological polar surface area (TPSA) is 50.8 Å². The monoisotopic (exact) mass is 306 g/mol. The number of rotatable bonds is 4. The molecule has 2 amide bonds. The van der Waals surface area contributed by atoms with Gasteiger partial charge in [0.15, 0.2) is 11.5 Å². The van der Waals surface area contributed by atoms with Crippen LogP contribution in [0.2, 0.25) is 0 Å². The number of amides is 2. The van der Waals surface area contributed by atoms with Crippen molar-refractivity contribution in [2.45, 2.75) is 38.6 Å². The fraction of sp³-hybridized carbons (Fsp3) is 0.588. The van der Waals surface area contributed by atoms with E-state index >= 15 is 0 Å². The Hall–Kier alpha value is -1.91. The van der Waals surface area contributed by atoms with E-state index in [1.54, 1.807) is 14.2 Å². The highest BCUT2D eigenvalue weighted by Crippen LogP contribution is 2.32. The van der Waals surface area contributed by atoms with Gasteiger partial charge in [0, 0.05) is 13.1 Å². The zero-order chi connectivity index (χ0) is 16.2. The summed E-state index contributed by atoms with van der Waals surface area (Å²) in [6.07, 6.45) is 3.39. The molecule has 1 saturated heterocycles. The third-order valence-electron chi connectivity index (χ3n) is 4.17. The molecule has 0 unspecified atom stereocenters. The largest absolute Gasteiger partial charge is 0.493 e. The zero-order valence-corrected chi connectivity index (χ0v) is 13.9. The smallest absolute Gasteiger partial charge is 0.318 e. The van der Waals surface area contributed by atoms with Crippen molar-refractivity contribution in [2.75, 3.05) is 27.3 Å². The third-order valence-corrected chi connectivity index (χ3v) is 4.17. The van der Waals surface area contributed by atoms with E-state index in [1.165, 1.54) is 6.42 Å². The lowest BCUT2D eigenvalue weighted by Gasteiger charge is -2.33. The van der Waals surface area contributed by atoms with Crippen LogP contribution in [-0.4, -0.2) is 38.2 Å². The van der Waals surface area contributed by atoms with Crippen LogP contribution in [0.15, 0.2) is 18.2 Å². The van der Waals surface area contributed by atoms with Gasteiger partial charge in [0.25, 0.3) is 0 Å². The molecule has 0 atom stereocenters. The van der Waals surface area contributed by atoms with Gasteiger partial charge in [0.1, 0.15) is 0 Å². The number of urea groups is 1. The number of hydrogen-bond donors (Lipinski definition) is 1. The molecule has 1 fully saturated rings. The van der Waals surface area contributed by atoms with Crippen LogP contribution in [0.1, 0.15) is 38.7 Å². The molecule has 22 heavy (non-hydrogen) atoms. The molecule has 122 valence electrons. The number of nitrogens with zero attached hydrogens (tertiary/aromatic N) is 1. The van der Waals surface area contributed by atoms with Gasteiger partial charge in [-0.15, -0.1) is 0 Å². The number of piperidine rings is 1. The van der Waals surface area contributed by atoms with Crippen LogP contribution < -0.4 is 14.8 Å². The van der Waals surface area contributed by atoms with Gasteiger partial charge in [-0.3, -0.25) is 0 Å². The Kier molecular flexibility index (Phi) is 5.16. The average molecular weight is 306 g/mol. The zero-order valence-electron chi connectivity index (χ0n) is 13.9. The summed E-state index contributed by atoms with van der Waals surface area (Å²) < 4.78 is 10.6. The van der Waals surface area contributed by atoms with E-state index in [4.69, 9.17) is 9.47 Å². The van der Waals surface area contributed by atoms with Crippen LogP contribution in [0.5, 0.6) is 11.5 Å². The lowest BCUT2D eigenvalue weighted by molar-refractivity contribution is 0.176. The number of ether oxygens (including phenoxy) is 2. The molecule has 1 heterocycles. The summed E-state index contributed by atoms with van der Waals surface area (Å²) in [7, 11) is 3.22. The molecule has 1 aromatic rings. The van der Waals surface area contributed by atoms with Crippen molar-refractivity contribution in [3.8, 4) is 11.5 Å². The molecule has 0 aliphatic carbocycles. The van der Waals surface area contributed by atoms with Crippen molar-refractivity contribution in [2.24, 2.45) is 0 Å². The Morgan fingerprint density at radius 1 is 1.09 bits per heavy atom. The number of benzene rings is 1. The Labute approximate surface area is 132 Å². The molecule has 2 rings (SSSR count). The Bertz CT molecular complexity index is 523. The molecule has 0 aromatic heterocycles. The molecule has 0 bridgehead atoms. The summed E-state index contributed by atoms with van der Waals surface area (Å²) in [6, 6.07) is 5.73. The van der Waals surface area contributed by atoms with E-state index in [0.29, 0.717) is 11.5 Å². The Morgan fingerprint density at radius 2 is 1.73 bits per heavy atom. The molecule has 5 nitrogen and oxygen atoms in total. The first-order valence-electron chi connectivity index (χ1n) is 7.77. The Morgan fingerprint density at radius 3 is 2.32 bits per heavy atom. The molecule has 1 aromatic carbocycles. The predicted molar refractivity (Wildman–Crippen MR) is 86.5 cm³/mol. The molecular weight excluding hydrogens is 280 g/mol. The van der Waals surface area contributed by atoms with E-state index in [0.717, 1.165) is 31.5 Å². The Balaban J connectivity index is 2.13. The van der Waals surface area contributed by atoms with Gasteiger partial charge in [0.05, 0.1) is 19.8 Å². The van der Waals surface area contributed by atoms with Crippen LogP contribution >= 0.6 is 0 Å². The van der Waals surface area contributed by atoms with Gasteiger partial charge >= 0.3 is 6.03 Å². The average Bonchev–Trinajstić information content (AvgIpc) is 2.54. The van der Waals surface area contributed by atoms with Crippen LogP contribution in [0, 0.1) is 0 Å². The summed E-state index contributed by atoms with van der Waals surface area (Å²) in [4.78, 5) is 14.3. The summed E-state index contributed by atoms with van der Waals surface area (Å²) in [5.41, 5.74) is 0.504.